The third kappa shape index (κ3) is 3.67. The third-order valence-electron chi connectivity index (χ3n) is 4.26. The van der Waals surface area contributed by atoms with Crippen molar-refractivity contribution in [2.75, 3.05) is 31.6 Å². The highest BCUT2D eigenvalue weighted by Gasteiger charge is 2.22. The molecule has 2 atom stereocenters. The Labute approximate surface area is 130 Å². The van der Waals surface area contributed by atoms with Crippen molar-refractivity contribution in [1.29, 1.82) is 0 Å². The molecule has 1 aromatic carbocycles. The smallest absolute Gasteiger partial charge is 0.133 e. The zero-order valence-corrected chi connectivity index (χ0v) is 14.2. The number of nitrogens with one attached hydrogen (secondary N) is 1. The van der Waals surface area contributed by atoms with E-state index in [9.17, 15) is 0 Å². The van der Waals surface area contributed by atoms with Gasteiger partial charge in [-0.2, -0.15) is 0 Å². The molecule has 1 aliphatic rings. The molecule has 0 saturated carbocycles. The van der Waals surface area contributed by atoms with Gasteiger partial charge in [0.1, 0.15) is 5.75 Å². The molecule has 0 aromatic heterocycles. The molecule has 2 rings (SSSR count). The molecule has 4 heteroatoms. The Morgan fingerprint density at radius 2 is 2.30 bits per heavy atom. The number of hydrogen-bond acceptors (Lipinski definition) is 3. The number of hydrogen-bond donors (Lipinski definition) is 1. The first kappa shape index (κ1) is 15.6. The maximum absolute atomic E-state index is 5.31. The number of halogens is 1. The Kier molecular flexibility index (Phi) is 5.73. The van der Waals surface area contributed by atoms with Crippen molar-refractivity contribution in [3.63, 3.8) is 0 Å². The minimum Gasteiger partial charge on any atom is -0.496 e. The summed E-state index contributed by atoms with van der Waals surface area (Å²) in [6, 6.07) is 6.93. The van der Waals surface area contributed by atoms with Gasteiger partial charge < -0.3 is 15.0 Å². The Morgan fingerprint density at radius 3 is 2.95 bits per heavy atom. The van der Waals surface area contributed by atoms with Crippen molar-refractivity contribution in [2.24, 2.45) is 5.92 Å². The lowest BCUT2D eigenvalue weighted by Crippen LogP contribution is -2.42. The first-order valence-corrected chi connectivity index (χ1v) is 8.26. The average Bonchev–Trinajstić information content (AvgIpc) is 2.72. The first-order chi connectivity index (χ1) is 9.65. The van der Waals surface area contributed by atoms with Crippen LogP contribution >= 0.6 is 15.9 Å². The molecule has 0 spiro atoms. The highest BCUT2D eigenvalue weighted by molar-refractivity contribution is 9.10. The number of rotatable bonds is 4. The van der Waals surface area contributed by atoms with E-state index in [1.807, 2.05) is 6.07 Å². The summed E-state index contributed by atoms with van der Waals surface area (Å²) in [6.07, 6.45) is 2.41. The summed E-state index contributed by atoms with van der Waals surface area (Å²) in [4.78, 5) is 2.49. The fraction of sp³-hybridized carbons (Fsp3) is 0.625. The van der Waals surface area contributed by atoms with Crippen molar-refractivity contribution in [2.45, 2.75) is 32.7 Å². The number of ether oxygens (including phenoxy) is 1. The van der Waals surface area contributed by atoms with E-state index in [1.165, 1.54) is 18.5 Å². The van der Waals surface area contributed by atoms with Crippen molar-refractivity contribution in [3.05, 3.63) is 22.7 Å². The van der Waals surface area contributed by atoms with Gasteiger partial charge in [0, 0.05) is 24.8 Å². The van der Waals surface area contributed by atoms with Gasteiger partial charge in [0.2, 0.25) is 0 Å². The van der Waals surface area contributed by atoms with Crippen LogP contribution in [0.1, 0.15) is 26.7 Å². The van der Waals surface area contributed by atoms with Crippen LogP contribution in [-0.4, -0.2) is 32.8 Å². The topological polar surface area (TPSA) is 24.5 Å². The molecule has 3 nitrogen and oxygen atoms in total. The molecule has 0 radical (unpaired) electrons. The normalized spacial score (nSPS) is 21.4. The third-order valence-corrected chi connectivity index (χ3v) is 4.88. The highest BCUT2D eigenvalue weighted by Crippen LogP contribution is 2.30. The van der Waals surface area contributed by atoms with Crippen LogP contribution in [0.25, 0.3) is 0 Å². The summed E-state index contributed by atoms with van der Waals surface area (Å²) in [5, 5.41) is 3.69. The Hall–Kier alpha value is -0.740. The number of nitrogens with zero attached hydrogens (tertiary/aromatic N) is 1. The van der Waals surface area contributed by atoms with Crippen LogP contribution in [0.3, 0.4) is 0 Å². The molecule has 2 unspecified atom stereocenters. The number of anilines is 1. The van der Waals surface area contributed by atoms with Gasteiger partial charge in [-0.25, -0.2) is 0 Å². The fourth-order valence-electron chi connectivity index (χ4n) is 2.70. The predicted molar refractivity (Wildman–Crippen MR) is 88.8 cm³/mol. The predicted octanol–water partition coefficient (Wildman–Crippen LogP) is 3.67. The van der Waals surface area contributed by atoms with Gasteiger partial charge >= 0.3 is 0 Å². The van der Waals surface area contributed by atoms with Gasteiger partial charge in [0.05, 0.1) is 11.6 Å². The van der Waals surface area contributed by atoms with E-state index in [0.29, 0.717) is 12.0 Å². The molecule has 1 saturated heterocycles. The van der Waals surface area contributed by atoms with Gasteiger partial charge in [0.25, 0.3) is 0 Å². The molecule has 0 aliphatic carbocycles. The molecule has 1 fully saturated rings. The van der Waals surface area contributed by atoms with E-state index in [-0.39, 0.29) is 0 Å². The van der Waals surface area contributed by atoms with E-state index >= 15 is 0 Å². The van der Waals surface area contributed by atoms with Crippen molar-refractivity contribution < 1.29 is 4.74 Å². The molecule has 1 aliphatic heterocycles. The molecule has 0 amide bonds. The van der Waals surface area contributed by atoms with E-state index in [0.717, 1.165) is 29.9 Å². The van der Waals surface area contributed by atoms with Crippen molar-refractivity contribution >= 4 is 21.6 Å². The Balaban J connectivity index is 2.15. The summed E-state index contributed by atoms with van der Waals surface area (Å²) in [7, 11) is 1.70. The second kappa shape index (κ2) is 7.32. The quantitative estimate of drug-likeness (QED) is 0.904. The lowest BCUT2D eigenvalue weighted by atomic mass is 9.99. The largest absolute Gasteiger partial charge is 0.496 e. The van der Waals surface area contributed by atoms with Crippen LogP contribution in [-0.2, 0) is 0 Å². The van der Waals surface area contributed by atoms with E-state index in [1.54, 1.807) is 7.11 Å². The second-order valence-corrected chi connectivity index (χ2v) is 6.42. The van der Waals surface area contributed by atoms with Crippen LogP contribution in [0.2, 0.25) is 0 Å². The minimum absolute atomic E-state index is 0.573. The number of benzene rings is 1. The van der Waals surface area contributed by atoms with Crippen LogP contribution in [0, 0.1) is 5.92 Å². The van der Waals surface area contributed by atoms with Gasteiger partial charge in [-0.1, -0.05) is 20.3 Å². The average molecular weight is 341 g/mol. The summed E-state index contributed by atoms with van der Waals surface area (Å²) in [6.45, 7) is 7.91. The zero-order valence-electron chi connectivity index (χ0n) is 12.7. The van der Waals surface area contributed by atoms with Gasteiger partial charge in [-0.15, -0.1) is 0 Å². The first-order valence-electron chi connectivity index (χ1n) is 7.47. The molecular weight excluding hydrogens is 316 g/mol. The summed E-state index contributed by atoms with van der Waals surface area (Å²) in [5.74, 6) is 1.59. The van der Waals surface area contributed by atoms with Crippen LogP contribution in [0.4, 0.5) is 5.69 Å². The van der Waals surface area contributed by atoms with Gasteiger partial charge in [-0.05, 0) is 53.0 Å². The number of methoxy groups -OCH3 is 1. The van der Waals surface area contributed by atoms with E-state index in [2.05, 4.69) is 52.1 Å². The standard InChI is InChI=1S/C16H25BrN2O/c1-4-12(2)15-11-19(9-5-8-18-15)13-6-7-16(20-3)14(17)10-13/h6-7,10,12,15,18H,4-5,8-9,11H2,1-3H3. The maximum atomic E-state index is 5.31. The Morgan fingerprint density at radius 1 is 1.50 bits per heavy atom. The van der Waals surface area contributed by atoms with Gasteiger partial charge in [0.15, 0.2) is 0 Å². The van der Waals surface area contributed by atoms with Crippen LogP contribution in [0.5, 0.6) is 5.75 Å². The summed E-state index contributed by atoms with van der Waals surface area (Å²) < 4.78 is 6.33. The lowest BCUT2D eigenvalue weighted by molar-refractivity contribution is 0.384. The second-order valence-electron chi connectivity index (χ2n) is 5.56. The molecule has 0 bridgehead atoms. The molecule has 112 valence electrons. The van der Waals surface area contributed by atoms with Crippen LogP contribution in [0.15, 0.2) is 22.7 Å². The summed E-state index contributed by atoms with van der Waals surface area (Å²) in [5.41, 5.74) is 1.27. The van der Waals surface area contributed by atoms with Crippen molar-refractivity contribution in [1.82, 2.24) is 5.32 Å². The van der Waals surface area contributed by atoms with Crippen LogP contribution < -0.4 is 15.0 Å². The molecule has 1 heterocycles. The molecular formula is C16H25BrN2O. The highest BCUT2D eigenvalue weighted by atomic mass is 79.9. The van der Waals surface area contributed by atoms with E-state index < -0.39 is 0 Å². The monoisotopic (exact) mass is 340 g/mol. The van der Waals surface area contributed by atoms with Gasteiger partial charge in [-0.3, -0.25) is 0 Å². The SMILES string of the molecule is CCC(C)C1CN(c2ccc(OC)c(Br)c2)CCCN1. The summed E-state index contributed by atoms with van der Waals surface area (Å²) >= 11 is 3.58. The van der Waals surface area contributed by atoms with Crippen molar-refractivity contribution in [3.8, 4) is 5.75 Å². The fourth-order valence-corrected chi connectivity index (χ4v) is 3.23. The molecule has 1 aromatic rings. The molecule has 20 heavy (non-hydrogen) atoms. The zero-order chi connectivity index (χ0) is 14.5. The molecule has 1 N–H and O–H groups in total. The maximum Gasteiger partial charge on any atom is 0.133 e. The Bertz CT molecular complexity index is 438. The van der Waals surface area contributed by atoms with E-state index in [4.69, 9.17) is 4.74 Å². The lowest BCUT2D eigenvalue weighted by Gasteiger charge is -2.29. The minimum atomic E-state index is 0.573.